The maximum absolute atomic E-state index is 11.8. The largest absolute Gasteiger partial charge is 0.481 e. The van der Waals surface area contributed by atoms with E-state index in [1.54, 1.807) is 4.90 Å². The number of hydrogen-bond acceptors (Lipinski definition) is 2. The molecule has 1 aliphatic heterocycles. The molecule has 0 bridgehead atoms. The van der Waals surface area contributed by atoms with Crippen molar-refractivity contribution in [3.8, 4) is 0 Å². The van der Waals surface area contributed by atoms with Gasteiger partial charge in [-0.25, -0.2) is 0 Å². The summed E-state index contributed by atoms with van der Waals surface area (Å²) < 4.78 is 0.918. The summed E-state index contributed by atoms with van der Waals surface area (Å²) in [5.74, 6) is -0.967. The molecule has 0 radical (unpaired) electrons. The van der Waals surface area contributed by atoms with Gasteiger partial charge in [0.1, 0.15) is 0 Å². The summed E-state index contributed by atoms with van der Waals surface area (Å²) in [6, 6.07) is 7.37. The summed E-state index contributed by atoms with van der Waals surface area (Å²) in [4.78, 5) is 25.0. The van der Waals surface area contributed by atoms with Crippen LogP contribution in [0.25, 0.3) is 0 Å². The molecule has 0 spiro atoms. The van der Waals surface area contributed by atoms with Crippen LogP contribution in [0, 0.1) is 0 Å². The zero-order valence-electron chi connectivity index (χ0n) is 11.0. The summed E-state index contributed by atoms with van der Waals surface area (Å²) in [5, 5.41) is 9.66. The van der Waals surface area contributed by atoms with Crippen molar-refractivity contribution in [2.45, 2.75) is 18.3 Å². The van der Waals surface area contributed by atoms with Crippen molar-refractivity contribution in [3.05, 3.63) is 47.0 Å². The van der Waals surface area contributed by atoms with Crippen molar-refractivity contribution in [1.82, 2.24) is 4.90 Å². The molecule has 1 aliphatic rings. The molecule has 106 valence electrons. The smallest absolute Gasteiger partial charge is 0.314 e. The highest BCUT2D eigenvalue weighted by Gasteiger charge is 2.43. The number of carboxylic acid groups (broad SMARTS) is 1. The predicted octanol–water partition coefficient (Wildman–Crippen LogP) is 2.58. The SMILES string of the molecule is C=CC(=O)N1CCC(C(=O)O)(c2ccc(Br)cc2)CC1. The molecule has 1 N–H and O–H groups in total. The minimum atomic E-state index is -0.904. The van der Waals surface area contributed by atoms with E-state index in [2.05, 4.69) is 22.5 Å². The number of likely N-dealkylation sites (tertiary alicyclic amines) is 1. The van der Waals surface area contributed by atoms with Crippen molar-refractivity contribution >= 4 is 27.8 Å². The number of piperidine rings is 1. The van der Waals surface area contributed by atoms with E-state index in [4.69, 9.17) is 0 Å². The molecular formula is C15H16BrNO3. The van der Waals surface area contributed by atoms with Crippen LogP contribution in [0.4, 0.5) is 0 Å². The maximum Gasteiger partial charge on any atom is 0.314 e. The average Bonchev–Trinajstić information content (AvgIpc) is 2.47. The fraction of sp³-hybridized carbons (Fsp3) is 0.333. The lowest BCUT2D eigenvalue weighted by Crippen LogP contribution is -2.48. The number of benzene rings is 1. The zero-order chi connectivity index (χ0) is 14.8. The number of nitrogens with zero attached hydrogens (tertiary/aromatic N) is 1. The molecule has 20 heavy (non-hydrogen) atoms. The van der Waals surface area contributed by atoms with E-state index in [1.807, 2.05) is 24.3 Å². The fourth-order valence-corrected chi connectivity index (χ4v) is 2.90. The molecule has 1 saturated heterocycles. The standard InChI is InChI=1S/C15H16BrNO3/c1-2-13(18)17-9-7-15(8-10-17,14(19)20)11-3-5-12(16)6-4-11/h2-6H,1,7-10H2,(H,19,20). The van der Waals surface area contributed by atoms with Crippen molar-refractivity contribution in [2.75, 3.05) is 13.1 Å². The highest BCUT2D eigenvalue weighted by atomic mass is 79.9. The molecule has 2 rings (SSSR count). The number of carbonyl (C=O) groups excluding carboxylic acids is 1. The maximum atomic E-state index is 11.8. The van der Waals surface area contributed by atoms with Gasteiger partial charge in [-0.05, 0) is 36.6 Å². The van der Waals surface area contributed by atoms with E-state index in [-0.39, 0.29) is 5.91 Å². The minimum absolute atomic E-state index is 0.139. The number of amides is 1. The lowest BCUT2D eigenvalue weighted by molar-refractivity contribution is -0.147. The van der Waals surface area contributed by atoms with E-state index in [0.29, 0.717) is 25.9 Å². The van der Waals surface area contributed by atoms with Crippen LogP contribution in [0.1, 0.15) is 18.4 Å². The van der Waals surface area contributed by atoms with Gasteiger partial charge < -0.3 is 10.0 Å². The third-order valence-corrected chi connectivity index (χ3v) is 4.44. The van der Waals surface area contributed by atoms with Gasteiger partial charge in [-0.3, -0.25) is 9.59 Å². The first kappa shape index (κ1) is 14.8. The van der Waals surface area contributed by atoms with Crippen molar-refractivity contribution in [1.29, 1.82) is 0 Å². The second-order valence-corrected chi connectivity index (χ2v) is 5.84. The van der Waals surface area contributed by atoms with Crippen LogP contribution in [0.5, 0.6) is 0 Å². The van der Waals surface area contributed by atoms with Crippen molar-refractivity contribution in [3.63, 3.8) is 0 Å². The Morgan fingerprint density at radius 2 is 1.80 bits per heavy atom. The normalized spacial score (nSPS) is 17.6. The Balaban J connectivity index is 2.26. The third-order valence-electron chi connectivity index (χ3n) is 3.91. The Kier molecular flexibility index (Phi) is 4.28. The van der Waals surface area contributed by atoms with Gasteiger partial charge in [-0.15, -0.1) is 0 Å². The van der Waals surface area contributed by atoms with Gasteiger partial charge in [0.15, 0.2) is 0 Å². The highest BCUT2D eigenvalue weighted by molar-refractivity contribution is 9.10. The zero-order valence-corrected chi connectivity index (χ0v) is 12.6. The molecule has 0 unspecified atom stereocenters. The van der Waals surface area contributed by atoms with Gasteiger partial charge in [-0.2, -0.15) is 0 Å². The van der Waals surface area contributed by atoms with Crippen LogP contribution >= 0.6 is 15.9 Å². The van der Waals surface area contributed by atoms with Crippen LogP contribution in [-0.4, -0.2) is 35.0 Å². The Morgan fingerprint density at radius 3 is 2.25 bits per heavy atom. The fourth-order valence-electron chi connectivity index (χ4n) is 2.63. The molecule has 0 saturated carbocycles. The minimum Gasteiger partial charge on any atom is -0.481 e. The van der Waals surface area contributed by atoms with E-state index < -0.39 is 11.4 Å². The van der Waals surface area contributed by atoms with Crippen LogP contribution in [0.15, 0.2) is 41.4 Å². The summed E-state index contributed by atoms with van der Waals surface area (Å²) >= 11 is 3.35. The van der Waals surface area contributed by atoms with E-state index in [1.165, 1.54) is 6.08 Å². The van der Waals surface area contributed by atoms with Crippen LogP contribution in [0.3, 0.4) is 0 Å². The number of halogens is 1. The lowest BCUT2D eigenvalue weighted by Gasteiger charge is -2.38. The third kappa shape index (κ3) is 2.63. The summed E-state index contributed by atoms with van der Waals surface area (Å²) in [7, 11) is 0. The second kappa shape index (κ2) is 5.79. The molecule has 5 heteroatoms. The second-order valence-electron chi connectivity index (χ2n) is 4.92. The number of carbonyl (C=O) groups is 2. The van der Waals surface area contributed by atoms with Gasteiger partial charge in [-0.1, -0.05) is 34.6 Å². The number of rotatable bonds is 3. The van der Waals surface area contributed by atoms with E-state index in [0.717, 1.165) is 10.0 Å². The Bertz CT molecular complexity index is 531. The number of hydrogen-bond donors (Lipinski definition) is 1. The van der Waals surface area contributed by atoms with Crippen molar-refractivity contribution < 1.29 is 14.7 Å². The molecule has 0 aliphatic carbocycles. The monoisotopic (exact) mass is 337 g/mol. The van der Waals surface area contributed by atoms with E-state index >= 15 is 0 Å². The van der Waals surface area contributed by atoms with Gasteiger partial charge in [0.25, 0.3) is 0 Å². The van der Waals surface area contributed by atoms with Gasteiger partial charge in [0, 0.05) is 17.6 Å². The number of aliphatic carboxylic acids is 1. The Labute approximate surface area is 126 Å². The van der Waals surface area contributed by atoms with E-state index in [9.17, 15) is 14.7 Å². The predicted molar refractivity (Wildman–Crippen MR) is 79.5 cm³/mol. The Hall–Kier alpha value is -1.62. The van der Waals surface area contributed by atoms with Gasteiger partial charge in [0.05, 0.1) is 5.41 Å². The Morgan fingerprint density at radius 1 is 1.25 bits per heavy atom. The molecular weight excluding hydrogens is 322 g/mol. The summed E-state index contributed by atoms with van der Waals surface area (Å²) in [5.41, 5.74) is -0.113. The number of carboxylic acids is 1. The summed E-state index contributed by atoms with van der Waals surface area (Å²) in [6.07, 6.45) is 2.11. The quantitative estimate of drug-likeness (QED) is 0.862. The van der Waals surface area contributed by atoms with Crippen molar-refractivity contribution in [2.24, 2.45) is 0 Å². The molecule has 1 amide bonds. The molecule has 0 atom stereocenters. The molecule has 1 aromatic rings. The molecule has 1 fully saturated rings. The molecule has 1 aromatic carbocycles. The van der Waals surface area contributed by atoms with Crippen LogP contribution in [-0.2, 0) is 15.0 Å². The molecule has 0 aromatic heterocycles. The average molecular weight is 338 g/mol. The van der Waals surface area contributed by atoms with Crippen LogP contribution in [0.2, 0.25) is 0 Å². The first-order valence-electron chi connectivity index (χ1n) is 6.40. The molecule has 4 nitrogen and oxygen atoms in total. The van der Waals surface area contributed by atoms with Crippen LogP contribution < -0.4 is 0 Å². The van der Waals surface area contributed by atoms with Gasteiger partial charge >= 0.3 is 5.97 Å². The topological polar surface area (TPSA) is 57.6 Å². The first-order chi connectivity index (χ1) is 9.49. The highest BCUT2D eigenvalue weighted by Crippen LogP contribution is 2.36. The first-order valence-corrected chi connectivity index (χ1v) is 7.20. The van der Waals surface area contributed by atoms with Gasteiger partial charge in [0.2, 0.25) is 5.91 Å². The molecule has 1 heterocycles. The lowest BCUT2D eigenvalue weighted by atomic mass is 9.73. The summed E-state index contributed by atoms with van der Waals surface area (Å²) in [6.45, 7) is 4.34.